The largest absolute Gasteiger partial charge is 0.356 e. The highest BCUT2D eigenvalue weighted by molar-refractivity contribution is 5.79. The average molecular weight is 309 g/mol. The minimum atomic E-state index is 0.580. The highest BCUT2D eigenvalue weighted by Crippen LogP contribution is 2.28. The van der Waals surface area contributed by atoms with Gasteiger partial charge in [-0.05, 0) is 45.4 Å². The van der Waals surface area contributed by atoms with E-state index in [1.54, 1.807) is 0 Å². The van der Waals surface area contributed by atoms with Crippen molar-refractivity contribution in [3.63, 3.8) is 0 Å². The van der Waals surface area contributed by atoms with Crippen LogP contribution in [0.4, 0.5) is 0 Å². The summed E-state index contributed by atoms with van der Waals surface area (Å²) in [5, 5.41) is 7.11. The van der Waals surface area contributed by atoms with Gasteiger partial charge in [0.25, 0.3) is 0 Å². The molecule has 2 aliphatic rings. The maximum absolute atomic E-state index is 4.39. The summed E-state index contributed by atoms with van der Waals surface area (Å²) in [6.45, 7) is 8.04. The molecule has 1 heterocycles. The summed E-state index contributed by atoms with van der Waals surface area (Å²) in [5.74, 6) is 1.99. The Balaban J connectivity index is 1.59. The zero-order valence-electron chi connectivity index (χ0n) is 14.9. The Morgan fingerprint density at radius 2 is 1.82 bits per heavy atom. The monoisotopic (exact) mass is 308 g/mol. The highest BCUT2D eigenvalue weighted by atomic mass is 15.2. The van der Waals surface area contributed by atoms with E-state index in [1.807, 2.05) is 7.05 Å². The van der Waals surface area contributed by atoms with Gasteiger partial charge in [-0.15, -0.1) is 0 Å². The topological polar surface area (TPSA) is 39.7 Å². The summed E-state index contributed by atoms with van der Waals surface area (Å²) < 4.78 is 0. The summed E-state index contributed by atoms with van der Waals surface area (Å²) in [7, 11) is 1.88. The van der Waals surface area contributed by atoms with E-state index in [0.717, 1.165) is 18.4 Å². The number of nitrogens with one attached hydrogen (secondary N) is 2. The maximum Gasteiger partial charge on any atom is 0.191 e. The molecule has 0 aromatic carbocycles. The van der Waals surface area contributed by atoms with Crippen LogP contribution in [0.15, 0.2) is 4.99 Å². The summed E-state index contributed by atoms with van der Waals surface area (Å²) in [6, 6.07) is 1.25. The molecule has 0 bridgehead atoms. The first-order chi connectivity index (χ1) is 10.7. The van der Waals surface area contributed by atoms with Gasteiger partial charge in [0.15, 0.2) is 5.96 Å². The fourth-order valence-corrected chi connectivity index (χ4v) is 3.84. The molecule has 1 aliphatic heterocycles. The second kappa shape index (κ2) is 9.39. The molecule has 1 saturated carbocycles. The van der Waals surface area contributed by atoms with Crippen LogP contribution < -0.4 is 10.6 Å². The zero-order chi connectivity index (χ0) is 15.8. The van der Waals surface area contributed by atoms with Gasteiger partial charge in [0.2, 0.25) is 0 Å². The minimum Gasteiger partial charge on any atom is -0.356 e. The van der Waals surface area contributed by atoms with Crippen LogP contribution >= 0.6 is 0 Å². The van der Waals surface area contributed by atoms with Crippen LogP contribution in [0.5, 0.6) is 0 Å². The molecule has 1 aliphatic carbocycles. The SMILES string of the molecule is CN=C(NCCCC1CCCC1)NC1CCN(C(C)C)CC1. The average Bonchev–Trinajstić information content (AvgIpc) is 3.04. The number of piperidine rings is 1. The van der Waals surface area contributed by atoms with E-state index in [2.05, 4.69) is 34.4 Å². The van der Waals surface area contributed by atoms with Crippen LogP contribution in [0.1, 0.15) is 65.2 Å². The van der Waals surface area contributed by atoms with E-state index < -0.39 is 0 Å². The normalized spacial score (nSPS) is 22.5. The van der Waals surface area contributed by atoms with Crippen molar-refractivity contribution in [1.82, 2.24) is 15.5 Å². The summed E-state index contributed by atoms with van der Waals surface area (Å²) in [6.07, 6.45) is 10.9. The Kier molecular flexibility index (Phi) is 7.50. The number of rotatable bonds is 6. The lowest BCUT2D eigenvalue weighted by Crippen LogP contribution is -2.50. The van der Waals surface area contributed by atoms with Crippen molar-refractivity contribution >= 4 is 5.96 Å². The van der Waals surface area contributed by atoms with Crippen LogP contribution in [-0.4, -0.2) is 49.6 Å². The summed E-state index contributed by atoms with van der Waals surface area (Å²) in [4.78, 5) is 6.95. The van der Waals surface area contributed by atoms with Gasteiger partial charge in [-0.3, -0.25) is 4.99 Å². The molecule has 0 aromatic rings. The van der Waals surface area contributed by atoms with E-state index in [1.165, 1.54) is 64.5 Å². The Labute approximate surface area is 137 Å². The molecule has 2 fully saturated rings. The Bertz CT molecular complexity index is 326. The van der Waals surface area contributed by atoms with E-state index in [9.17, 15) is 0 Å². The summed E-state index contributed by atoms with van der Waals surface area (Å²) in [5.41, 5.74) is 0. The second-order valence-corrected chi connectivity index (χ2v) is 7.34. The Morgan fingerprint density at radius 1 is 1.14 bits per heavy atom. The number of likely N-dealkylation sites (tertiary alicyclic amines) is 1. The molecule has 2 N–H and O–H groups in total. The number of aliphatic imine (C=N–C) groups is 1. The van der Waals surface area contributed by atoms with Crippen molar-refractivity contribution in [2.45, 2.75) is 77.3 Å². The van der Waals surface area contributed by atoms with Gasteiger partial charge >= 0.3 is 0 Å². The number of hydrogen-bond acceptors (Lipinski definition) is 2. The van der Waals surface area contributed by atoms with Crippen molar-refractivity contribution in [2.75, 3.05) is 26.7 Å². The van der Waals surface area contributed by atoms with Gasteiger partial charge in [-0.2, -0.15) is 0 Å². The van der Waals surface area contributed by atoms with Crippen molar-refractivity contribution in [3.8, 4) is 0 Å². The Morgan fingerprint density at radius 3 is 2.41 bits per heavy atom. The highest BCUT2D eigenvalue weighted by Gasteiger charge is 2.21. The van der Waals surface area contributed by atoms with Crippen LogP contribution in [0.3, 0.4) is 0 Å². The van der Waals surface area contributed by atoms with Crippen molar-refractivity contribution in [3.05, 3.63) is 0 Å². The molecule has 4 heteroatoms. The summed E-state index contributed by atoms with van der Waals surface area (Å²) >= 11 is 0. The number of hydrogen-bond donors (Lipinski definition) is 2. The molecular weight excluding hydrogens is 272 g/mol. The predicted octanol–water partition coefficient (Wildman–Crippen LogP) is 2.99. The fourth-order valence-electron chi connectivity index (χ4n) is 3.84. The first-order valence-corrected chi connectivity index (χ1v) is 9.40. The standard InChI is InChI=1S/C18H36N4/c1-15(2)22-13-10-17(11-14-22)21-18(19-3)20-12-6-9-16-7-4-5-8-16/h15-17H,4-14H2,1-3H3,(H2,19,20,21). The van der Waals surface area contributed by atoms with E-state index in [4.69, 9.17) is 0 Å². The third-order valence-corrected chi connectivity index (χ3v) is 5.38. The van der Waals surface area contributed by atoms with Crippen molar-refractivity contribution in [2.24, 2.45) is 10.9 Å². The van der Waals surface area contributed by atoms with Gasteiger partial charge in [0.1, 0.15) is 0 Å². The van der Waals surface area contributed by atoms with Gasteiger partial charge in [-0.25, -0.2) is 0 Å². The lowest BCUT2D eigenvalue weighted by molar-refractivity contribution is 0.167. The third-order valence-electron chi connectivity index (χ3n) is 5.38. The lowest BCUT2D eigenvalue weighted by Gasteiger charge is -2.35. The minimum absolute atomic E-state index is 0.580. The molecule has 0 amide bonds. The van der Waals surface area contributed by atoms with Crippen molar-refractivity contribution < 1.29 is 0 Å². The van der Waals surface area contributed by atoms with Gasteiger partial charge in [0, 0.05) is 38.8 Å². The molecule has 1 saturated heterocycles. The fraction of sp³-hybridized carbons (Fsp3) is 0.944. The first-order valence-electron chi connectivity index (χ1n) is 9.40. The molecular formula is C18H36N4. The van der Waals surface area contributed by atoms with E-state index in [-0.39, 0.29) is 0 Å². The number of nitrogens with zero attached hydrogens (tertiary/aromatic N) is 2. The van der Waals surface area contributed by atoms with E-state index >= 15 is 0 Å². The molecule has 2 rings (SSSR count). The van der Waals surface area contributed by atoms with Gasteiger partial charge in [0.05, 0.1) is 0 Å². The third kappa shape index (κ3) is 5.79. The van der Waals surface area contributed by atoms with Crippen LogP contribution in [0.25, 0.3) is 0 Å². The van der Waals surface area contributed by atoms with Crippen LogP contribution in [0, 0.1) is 5.92 Å². The molecule has 128 valence electrons. The molecule has 0 radical (unpaired) electrons. The molecule has 0 atom stereocenters. The molecule has 4 nitrogen and oxygen atoms in total. The smallest absolute Gasteiger partial charge is 0.191 e. The van der Waals surface area contributed by atoms with Gasteiger partial charge in [-0.1, -0.05) is 25.7 Å². The molecule has 0 aromatic heterocycles. The van der Waals surface area contributed by atoms with Crippen molar-refractivity contribution in [1.29, 1.82) is 0 Å². The second-order valence-electron chi connectivity index (χ2n) is 7.34. The maximum atomic E-state index is 4.39. The Hall–Kier alpha value is -0.770. The molecule has 0 spiro atoms. The predicted molar refractivity (Wildman–Crippen MR) is 95.4 cm³/mol. The van der Waals surface area contributed by atoms with Crippen LogP contribution in [0.2, 0.25) is 0 Å². The van der Waals surface area contributed by atoms with E-state index in [0.29, 0.717) is 12.1 Å². The first kappa shape index (κ1) is 17.6. The lowest BCUT2D eigenvalue weighted by atomic mass is 10.0. The molecule has 0 unspecified atom stereocenters. The number of guanidine groups is 1. The van der Waals surface area contributed by atoms with Crippen LogP contribution in [-0.2, 0) is 0 Å². The zero-order valence-corrected chi connectivity index (χ0v) is 14.9. The van der Waals surface area contributed by atoms with Gasteiger partial charge < -0.3 is 15.5 Å². The molecule has 22 heavy (non-hydrogen) atoms. The quantitative estimate of drug-likeness (QED) is 0.450.